The maximum Gasteiger partial charge on any atom is 0.209 e. The van der Waals surface area contributed by atoms with Gasteiger partial charge in [-0.3, -0.25) is 0 Å². The quantitative estimate of drug-likeness (QED) is 0.244. The third-order valence-corrected chi connectivity index (χ3v) is 10.6. The summed E-state index contributed by atoms with van der Waals surface area (Å²) >= 11 is 1.87. The molecule has 0 amide bonds. The number of para-hydroxylation sites is 2. The topological polar surface area (TPSA) is 32.3 Å². The third kappa shape index (κ3) is 4.86. The van der Waals surface area contributed by atoms with Gasteiger partial charge in [-0.2, -0.15) is 4.58 Å². The van der Waals surface area contributed by atoms with Gasteiger partial charge in [0.05, 0.1) is 5.41 Å². The third-order valence-electron chi connectivity index (χ3n) is 9.34. The lowest BCUT2D eigenvalue weighted by Crippen LogP contribution is -2.26. The van der Waals surface area contributed by atoms with Gasteiger partial charge < -0.3 is 10.6 Å². The van der Waals surface area contributed by atoms with Gasteiger partial charge in [-0.25, -0.2) is 0 Å². The van der Waals surface area contributed by atoms with E-state index in [0.29, 0.717) is 0 Å². The molecule has 3 aliphatic rings. The lowest BCUT2D eigenvalue weighted by Gasteiger charge is -2.25. The molecule has 0 unspecified atom stereocenters. The van der Waals surface area contributed by atoms with Crippen LogP contribution in [0, 0.1) is 0 Å². The summed E-state index contributed by atoms with van der Waals surface area (Å²) in [6.07, 6.45) is 12.8. The predicted molar refractivity (Wildman–Crippen MR) is 181 cm³/mol. The summed E-state index contributed by atoms with van der Waals surface area (Å²) in [5, 5.41) is 0. The van der Waals surface area contributed by atoms with Crippen molar-refractivity contribution < 1.29 is 4.58 Å². The van der Waals surface area contributed by atoms with E-state index in [-0.39, 0.29) is 10.8 Å². The van der Waals surface area contributed by atoms with Crippen molar-refractivity contribution in [3.05, 3.63) is 130 Å². The average Bonchev–Trinajstić information content (AvgIpc) is 3.30. The van der Waals surface area contributed by atoms with E-state index in [1.807, 2.05) is 23.9 Å². The molecule has 2 heterocycles. The number of hydrogen-bond acceptors (Lipinski definition) is 3. The van der Waals surface area contributed by atoms with E-state index in [0.717, 1.165) is 24.9 Å². The van der Waals surface area contributed by atoms with Crippen molar-refractivity contribution in [3.63, 3.8) is 0 Å². The van der Waals surface area contributed by atoms with E-state index < -0.39 is 0 Å². The Labute approximate surface area is 255 Å². The smallest absolute Gasteiger partial charge is 0.209 e. The van der Waals surface area contributed by atoms with Crippen LogP contribution in [0.4, 0.5) is 17.1 Å². The zero-order valence-corrected chi connectivity index (χ0v) is 26.6. The fraction of sp³-hybridized carbons (Fsp3) is 0.289. The van der Waals surface area contributed by atoms with Crippen molar-refractivity contribution in [2.75, 3.05) is 24.7 Å². The van der Waals surface area contributed by atoms with Gasteiger partial charge in [-0.05, 0) is 86.2 Å². The molecule has 0 bridgehead atoms. The molecular weight excluding hydrogens is 531 g/mol. The van der Waals surface area contributed by atoms with Crippen LogP contribution in [0.5, 0.6) is 0 Å². The van der Waals surface area contributed by atoms with Gasteiger partial charge in [-0.15, -0.1) is 0 Å². The van der Waals surface area contributed by atoms with Crippen molar-refractivity contribution in [3.8, 4) is 0 Å². The number of allylic oxidation sites excluding steroid dienone is 7. The predicted octanol–water partition coefficient (Wildman–Crippen LogP) is 9.30. The van der Waals surface area contributed by atoms with Crippen LogP contribution >= 0.6 is 11.8 Å². The first kappa shape index (κ1) is 28.4. The first-order valence-electron chi connectivity index (χ1n) is 15.0. The molecule has 6 rings (SSSR count). The number of fused-ring (bicyclic) bond motifs is 2. The fourth-order valence-corrected chi connectivity index (χ4v) is 8.08. The molecule has 4 heteroatoms. The summed E-state index contributed by atoms with van der Waals surface area (Å²) < 4.78 is 2.36. The summed E-state index contributed by atoms with van der Waals surface area (Å²) in [5.74, 6) is 0. The number of nitrogens with zero attached hydrogens (tertiary/aromatic N) is 2. The molecule has 0 saturated carbocycles. The highest BCUT2D eigenvalue weighted by Gasteiger charge is 2.42. The maximum absolute atomic E-state index is 6.04. The maximum atomic E-state index is 6.04. The molecule has 0 fully saturated rings. The Morgan fingerprint density at radius 3 is 2.21 bits per heavy atom. The number of benzene rings is 3. The molecular formula is C38H42N3S+. The number of nitrogens with two attached hydrogens (primary N) is 1. The van der Waals surface area contributed by atoms with Crippen molar-refractivity contribution in [2.24, 2.45) is 0 Å². The Bertz CT molecular complexity index is 1700. The zero-order chi connectivity index (χ0) is 29.6. The Morgan fingerprint density at radius 1 is 0.810 bits per heavy atom. The summed E-state index contributed by atoms with van der Waals surface area (Å²) in [6.45, 7) is 9.35. The second-order valence-electron chi connectivity index (χ2n) is 12.7. The molecule has 0 atom stereocenters. The normalized spacial score (nSPS) is 21.1. The van der Waals surface area contributed by atoms with Crippen molar-refractivity contribution in [1.29, 1.82) is 0 Å². The number of nitrogen functional groups attached to an aromatic ring is 1. The molecule has 1 aliphatic carbocycles. The minimum Gasteiger partial charge on any atom is -0.399 e. The van der Waals surface area contributed by atoms with Crippen LogP contribution in [-0.2, 0) is 10.8 Å². The Morgan fingerprint density at radius 2 is 1.50 bits per heavy atom. The summed E-state index contributed by atoms with van der Waals surface area (Å²) in [7, 11) is 4.39. The van der Waals surface area contributed by atoms with Gasteiger partial charge >= 0.3 is 0 Å². The second kappa shape index (κ2) is 10.8. The number of likely N-dealkylation sites (N-methyl/N-ethyl adjacent to an activating group) is 1. The monoisotopic (exact) mass is 572 g/mol. The lowest BCUT2D eigenvalue weighted by atomic mass is 9.81. The minimum atomic E-state index is -0.0436. The van der Waals surface area contributed by atoms with Crippen LogP contribution in [0.25, 0.3) is 0 Å². The van der Waals surface area contributed by atoms with Gasteiger partial charge in [0.15, 0.2) is 5.71 Å². The molecule has 0 aromatic heterocycles. The van der Waals surface area contributed by atoms with E-state index in [4.69, 9.17) is 5.73 Å². The van der Waals surface area contributed by atoms with E-state index in [1.54, 1.807) is 0 Å². The molecule has 0 spiro atoms. The van der Waals surface area contributed by atoms with Crippen LogP contribution < -0.4 is 10.6 Å². The molecule has 0 saturated heterocycles. The summed E-state index contributed by atoms with van der Waals surface area (Å²) in [5.41, 5.74) is 17.6. The molecule has 42 heavy (non-hydrogen) atoms. The van der Waals surface area contributed by atoms with Crippen LogP contribution in [0.15, 0.2) is 124 Å². The molecule has 214 valence electrons. The molecule has 2 aliphatic heterocycles. The highest BCUT2D eigenvalue weighted by atomic mass is 32.2. The van der Waals surface area contributed by atoms with E-state index >= 15 is 0 Å². The van der Waals surface area contributed by atoms with E-state index in [9.17, 15) is 0 Å². The first-order chi connectivity index (χ1) is 20.1. The van der Waals surface area contributed by atoms with Gasteiger partial charge in [0.25, 0.3) is 0 Å². The van der Waals surface area contributed by atoms with Crippen LogP contribution in [-0.4, -0.2) is 24.4 Å². The summed E-state index contributed by atoms with van der Waals surface area (Å²) in [4.78, 5) is 4.94. The Balaban J connectivity index is 1.41. The van der Waals surface area contributed by atoms with Crippen LogP contribution in [0.2, 0.25) is 0 Å². The SMILES string of the molecule is CN1/C(=C/C=C2\CCCC(/C=C/C3=[N+](C)c4ccccc4C3(C)C)=C2Sc2ccc(N)cc2)C(C)(C)c2ccccc21. The van der Waals surface area contributed by atoms with E-state index in [1.165, 1.54) is 54.9 Å². The molecule has 0 radical (unpaired) electrons. The molecule has 2 N–H and O–H groups in total. The Kier molecular flexibility index (Phi) is 7.31. The van der Waals surface area contributed by atoms with Crippen molar-refractivity contribution >= 4 is 34.5 Å². The molecule has 3 aromatic rings. The Hall–Kier alpha value is -3.76. The van der Waals surface area contributed by atoms with Gasteiger partial charge in [0, 0.05) is 57.0 Å². The number of anilines is 2. The largest absolute Gasteiger partial charge is 0.399 e. The summed E-state index contributed by atoms with van der Waals surface area (Å²) in [6, 6.07) is 25.9. The van der Waals surface area contributed by atoms with Crippen molar-refractivity contribution in [1.82, 2.24) is 0 Å². The van der Waals surface area contributed by atoms with Gasteiger partial charge in [0.1, 0.15) is 7.05 Å². The van der Waals surface area contributed by atoms with E-state index in [2.05, 4.69) is 136 Å². The van der Waals surface area contributed by atoms with Crippen LogP contribution in [0.1, 0.15) is 58.1 Å². The van der Waals surface area contributed by atoms with Gasteiger partial charge in [0.2, 0.25) is 5.69 Å². The lowest BCUT2D eigenvalue weighted by molar-refractivity contribution is -0.401. The second-order valence-corrected chi connectivity index (χ2v) is 13.8. The minimum absolute atomic E-state index is 0.0436. The highest BCUT2D eigenvalue weighted by molar-refractivity contribution is 8.03. The first-order valence-corrected chi connectivity index (χ1v) is 15.8. The number of rotatable bonds is 5. The van der Waals surface area contributed by atoms with Gasteiger partial charge in [-0.1, -0.05) is 74.2 Å². The standard InChI is InChI=1S/C38H42N3S/c1-37(2)30-14-7-9-16-32(30)40(5)34(37)24-18-26-12-11-13-27(36(26)42-29-22-20-28(39)21-23-29)19-25-35-38(3,4)31-15-8-10-17-33(31)41(35)6/h7-10,14-25H,11-13,39H2,1-6H3/q+1. The molecule has 3 aromatic carbocycles. The van der Waals surface area contributed by atoms with Crippen molar-refractivity contribution in [2.45, 2.75) is 62.7 Å². The van der Waals surface area contributed by atoms with Crippen LogP contribution in [0.3, 0.4) is 0 Å². The zero-order valence-electron chi connectivity index (χ0n) is 25.7. The number of thioether (sulfide) groups is 1. The fourth-order valence-electron chi connectivity index (χ4n) is 6.97. The molecule has 3 nitrogen and oxygen atoms in total. The average molecular weight is 573 g/mol. The number of hydrogen-bond donors (Lipinski definition) is 1. The highest BCUT2D eigenvalue weighted by Crippen LogP contribution is 2.48.